The number of fused-ring (bicyclic) bond motifs is 1. The Kier molecular flexibility index (Phi) is 5.30. The highest BCUT2D eigenvalue weighted by Gasteiger charge is 2.25. The zero-order chi connectivity index (χ0) is 23.8. The molecular formula is C23H13F2N5O3S. The minimum absolute atomic E-state index is 0.0820. The molecule has 0 aliphatic carbocycles. The fourth-order valence-corrected chi connectivity index (χ4v) is 4.29. The summed E-state index contributed by atoms with van der Waals surface area (Å²) in [4.78, 5) is 15.0. The van der Waals surface area contributed by atoms with E-state index in [4.69, 9.17) is 0 Å². The maximum absolute atomic E-state index is 14.8. The van der Waals surface area contributed by atoms with Crippen LogP contribution in [0.2, 0.25) is 0 Å². The first kappa shape index (κ1) is 21.3. The molecule has 5 aromatic rings. The van der Waals surface area contributed by atoms with Gasteiger partial charge in [0.25, 0.3) is 5.69 Å². The van der Waals surface area contributed by atoms with Gasteiger partial charge in [0.2, 0.25) is 10.9 Å². The van der Waals surface area contributed by atoms with Crippen LogP contribution in [-0.2, 0) is 0 Å². The average molecular weight is 477 g/mol. The molecule has 0 amide bonds. The van der Waals surface area contributed by atoms with Crippen LogP contribution in [0.15, 0.2) is 83.0 Å². The van der Waals surface area contributed by atoms with Crippen LogP contribution in [0.5, 0.6) is 5.88 Å². The van der Waals surface area contributed by atoms with Crippen LogP contribution < -0.4 is 0 Å². The number of aromatic nitrogens is 2. The Morgan fingerprint density at radius 2 is 1.53 bits per heavy atom. The van der Waals surface area contributed by atoms with Crippen LogP contribution in [0.4, 0.5) is 25.2 Å². The van der Waals surface area contributed by atoms with E-state index in [1.807, 2.05) is 0 Å². The highest BCUT2D eigenvalue weighted by molar-refractivity contribution is 7.21. The summed E-state index contributed by atoms with van der Waals surface area (Å²) in [6.45, 7) is 0. The van der Waals surface area contributed by atoms with Gasteiger partial charge in [0.1, 0.15) is 17.3 Å². The Hall–Kier alpha value is -4.51. The molecule has 0 fully saturated rings. The number of nitro groups is 1. The third-order valence-corrected chi connectivity index (χ3v) is 5.93. The number of rotatable bonds is 5. The molecule has 11 heteroatoms. The topological polar surface area (TPSA) is 105 Å². The maximum Gasteiger partial charge on any atom is 0.269 e. The van der Waals surface area contributed by atoms with Crippen LogP contribution in [-0.4, -0.2) is 19.4 Å². The lowest BCUT2D eigenvalue weighted by molar-refractivity contribution is -0.384. The Morgan fingerprint density at radius 3 is 2.15 bits per heavy atom. The van der Waals surface area contributed by atoms with Crippen LogP contribution >= 0.6 is 11.3 Å². The fourth-order valence-electron chi connectivity index (χ4n) is 3.44. The third-order valence-electron chi connectivity index (χ3n) is 5.01. The van der Waals surface area contributed by atoms with E-state index < -0.39 is 16.6 Å². The molecular weight excluding hydrogens is 464 g/mol. The molecule has 0 spiro atoms. The lowest BCUT2D eigenvalue weighted by Crippen LogP contribution is -1.93. The number of nitro benzene ring substituents is 1. The Bertz CT molecular complexity index is 1580. The van der Waals surface area contributed by atoms with Crippen molar-refractivity contribution in [2.75, 3.05) is 0 Å². The predicted octanol–water partition coefficient (Wildman–Crippen LogP) is 7.04. The molecule has 0 bridgehead atoms. The first-order valence-corrected chi connectivity index (χ1v) is 10.7. The van der Waals surface area contributed by atoms with Gasteiger partial charge in [-0.05, 0) is 36.4 Å². The molecule has 2 aromatic heterocycles. The predicted molar refractivity (Wildman–Crippen MR) is 123 cm³/mol. The van der Waals surface area contributed by atoms with Gasteiger partial charge in [0, 0.05) is 23.3 Å². The Balaban J connectivity index is 1.66. The molecule has 0 saturated heterocycles. The van der Waals surface area contributed by atoms with Gasteiger partial charge >= 0.3 is 0 Å². The second kappa shape index (κ2) is 8.45. The Labute approximate surface area is 194 Å². The van der Waals surface area contributed by atoms with Crippen molar-refractivity contribution < 1.29 is 18.8 Å². The minimum Gasteiger partial charge on any atom is -0.492 e. The van der Waals surface area contributed by atoms with Crippen molar-refractivity contribution in [3.05, 3.63) is 94.5 Å². The second-order valence-corrected chi connectivity index (χ2v) is 8.05. The smallest absolute Gasteiger partial charge is 0.269 e. The molecule has 0 aliphatic rings. The highest BCUT2D eigenvalue weighted by Crippen LogP contribution is 2.45. The number of azo groups is 1. The van der Waals surface area contributed by atoms with Crippen molar-refractivity contribution >= 4 is 32.7 Å². The molecule has 34 heavy (non-hydrogen) atoms. The van der Waals surface area contributed by atoms with E-state index in [2.05, 4.69) is 15.2 Å². The number of aromatic hydroxyl groups is 1. The summed E-state index contributed by atoms with van der Waals surface area (Å²) in [5.41, 5.74) is 0.863. The van der Waals surface area contributed by atoms with Crippen molar-refractivity contribution in [2.24, 2.45) is 10.2 Å². The van der Waals surface area contributed by atoms with Gasteiger partial charge in [0.15, 0.2) is 4.96 Å². The monoisotopic (exact) mass is 477 g/mol. The largest absolute Gasteiger partial charge is 0.492 e. The number of imidazole rings is 1. The van der Waals surface area contributed by atoms with E-state index in [9.17, 15) is 24.0 Å². The van der Waals surface area contributed by atoms with Gasteiger partial charge in [-0.3, -0.25) is 14.5 Å². The van der Waals surface area contributed by atoms with Crippen LogP contribution in [0, 0.1) is 21.7 Å². The highest BCUT2D eigenvalue weighted by atomic mass is 32.1. The summed E-state index contributed by atoms with van der Waals surface area (Å²) >= 11 is 0.976. The first-order valence-electron chi connectivity index (χ1n) is 9.84. The second-order valence-electron chi connectivity index (χ2n) is 7.09. The van der Waals surface area contributed by atoms with Crippen LogP contribution in [0.1, 0.15) is 0 Å². The van der Waals surface area contributed by atoms with Gasteiger partial charge < -0.3 is 5.11 Å². The van der Waals surface area contributed by atoms with Crippen molar-refractivity contribution in [1.29, 1.82) is 0 Å². The van der Waals surface area contributed by atoms with E-state index in [0.717, 1.165) is 11.3 Å². The van der Waals surface area contributed by atoms with Crippen LogP contribution in [0.25, 0.3) is 27.5 Å². The van der Waals surface area contributed by atoms with Gasteiger partial charge in [-0.2, -0.15) is 0 Å². The number of nitrogens with zero attached hydrogens (tertiary/aromatic N) is 5. The number of non-ortho nitro benzene ring substituents is 1. The summed E-state index contributed by atoms with van der Waals surface area (Å²) in [5, 5.41) is 29.8. The summed E-state index contributed by atoms with van der Waals surface area (Å²) in [5.74, 6) is -1.45. The first-order chi connectivity index (χ1) is 16.4. The van der Waals surface area contributed by atoms with E-state index in [1.54, 1.807) is 12.1 Å². The van der Waals surface area contributed by atoms with E-state index >= 15 is 0 Å². The summed E-state index contributed by atoms with van der Waals surface area (Å²) in [6, 6.07) is 17.3. The molecule has 1 N–H and O–H groups in total. The van der Waals surface area contributed by atoms with Crippen molar-refractivity contribution in [2.45, 2.75) is 0 Å². The SMILES string of the molecule is O=[N+]([O-])c1ccc(N=Nc2sc3nc(-c4ccccc4F)c(-c4ccccc4F)n3c2O)cc1. The zero-order valence-electron chi connectivity index (χ0n) is 17.1. The molecule has 0 radical (unpaired) electrons. The number of thiazole rings is 1. The third kappa shape index (κ3) is 3.67. The molecule has 0 aliphatic heterocycles. The molecule has 0 saturated carbocycles. The number of hydrogen-bond acceptors (Lipinski definition) is 7. The average Bonchev–Trinajstić information content (AvgIpc) is 3.35. The van der Waals surface area contributed by atoms with E-state index in [-0.39, 0.29) is 44.0 Å². The van der Waals surface area contributed by atoms with Gasteiger partial charge in [-0.1, -0.05) is 35.6 Å². The quantitative estimate of drug-likeness (QED) is 0.166. The molecule has 8 nitrogen and oxygen atoms in total. The fraction of sp³-hybridized carbons (Fsp3) is 0. The van der Waals surface area contributed by atoms with Gasteiger partial charge in [-0.25, -0.2) is 13.8 Å². The lowest BCUT2D eigenvalue weighted by Gasteiger charge is -2.07. The molecule has 2 heterocycles. The van der Waals surface area contributed by atoms with Crippen molar-refractivity contribution in [1.82, 2.24) is 9.38 Å². The minimum atomic E-state index is -0.568. The number of halogens is 2. The van der Waals surface area contributed by atoms with E-state index in [1.165, 1.54) is 65.1 Å². The molecule has 0 atom stereocenters. The molecule has 168 valence electrons. The van der Waals surface area contributed by atoms with Crippen molar-refractivity contribution in [3.8, 4) is 28.4 Å². The zero-order valence-corrected chi connectivity index (χ0v) is 17.9. The lowest BCUT2D eigenvalue weighted by atomic mass is 10.0. The number of benzene rings is 3. The normalized spacial score (nSPS) is 11.5. The summed E-state index contributed by atoms with van der Waals surface area (Å²) < 4.78 is 30.7. The van der Waals surface area contributed by atoms with E-state index in [0.29, 0.717) is 5.69 Å². The van der Waals surface area contributed by atoms with Crippen LogP contribution in [0.3, 0.4) is 0 Å². The number of hydrogen-bond donors (Lipinski definition) is 1. The van der Waals surface area contributed by atoms with Gasteiger partial charge in [-0.15, -0.1) is 10.2 Å². The summed E-state index contributed by atoms with van der Waals surface area (Å²) in [6.07, 6.45) is 0. The van der Waals surface area contributed by atoms with Gasteiger partial charge in [0.05, 0.1) is 16.3 Å². The Morgan fingerprint density at radius 1 is 0.912 bits per heavy atom. The molecule has 5 rings (SSSR count). The maximum atomic E-state index is 14.8. The van der Waals surface area contributed by atoms with Crippen molar-refractivity contribution in [3.63, 3.8) is 0 Å². The standard InChI is InChI=1S/C23H13F2N5O3S/c24-17-7-3-1-5-15(17)19-20(16-6-2-4-8-18(16)25)29-22(31)21(34-23(29)26-19)28-27-13-9-11-14(12-10-13)30(32)33/h1-12,31H. The molecule has 3 aromatic carbocycles. The molecule has 0 unspecified atom stereocenters. The summed E-state index contributed by atoms with van der Waals surface area (Å²) in [7, 11) is 0.